The number of carboxylic acid groups (broad SMARTS) is 1. The fourth-order valence-corrected chi connectivity index (χ4v) is 2.29. The number of carbonyl (C=O) groups is 1. The fraction of sp³-hybridized carbons (Fsp3) is 0.188. The molecular weight excluding hydrogens is 286 g/mol. The molecule has 0 amide bonds. The molecule has 0 aromatic heterocycles. The zero-order valence-electron chi connectivity index (χ0n) is 12.5. The smallest absolute Gasteiger partial charge is 0.338 e. The Labute approximate surface area is 128 Å². The Morgan fingerprint density at radius 1 is 1.05 bits per heavy atom. The average molecular weight is 303 g/mol. The number of nitrogen functional groups attached to an aromatic ring is 1. The highest BCUT2D eigenvalue weighted by Crippen LogP contribution is 2.42. The first kappa shape index (κ1) is 15.5. The Balaban J connectivity index is 2.74. The third-order valence-electron chi connectivity index (χ3n) is 3.29. The van der Waals surface area contributed by atoms with E-state index < -0.39 is 5.97 Å². The van der Waals surface area contributed by atoms with E-state index in [1.54, 1.807) is 30.3 Å². The normalized spacial score (nSPS) is 10.1. The van der Waals surface area contributed by atoms with Crippen LogP contribution in [0.5, 0.6) is 17.2 Å². The van der Waals surface area contributed by atoms with Gasteiger partial charge >= 0.3 is 5.97 Å². The fourth-order valence-electron chi connectivity index (χ4n) is 2.29. The molecular formula is C16H17NO5. The minimum Gasteiger partial charge on any atom is -0.493 e. The molecule has 0 aliphatic rings. The van der Waals surface area contributed by atoms with Gasteiger partial charge in [0.15, 0.2) is 11.5 Å². The van der Waals surface area contributed by atoms with E-state index in [-0.39, 0.29) is 11.3 Å². The molecule has 0 saturated carbocycles. The molecule has 116 valence electrons. The highest BCUT2D eigenvalue weighted by Gasteiger charge is 2.19. The molecule has 2 rings (SSSR count). The number of aromatic carboxylic acids is 1. The summed E-state index contributed by atoms with van der Waals surface area (Å²) >= 11 is 0. The zero-order valence-corrected chi connectivity index (χ0v) is 12.5. The summed E-state index contributed by atoms with van der Waals surface area (Å²) in [5.74, 6) is 0.225. The van der Waals surface area contributed by atoms with E-state index in [0.717, 1.165) is 0 Å². The number of methoxy groups -OCH3 is 3. The van der Waals surface area contributed by atoms with Crippen molar-refractivity contribution < 1.29 is 24.1 Å². The lowest BCUT2D eigenvalue weighted by molar-refractivity contribution is 0.0699. The summed E-state index contributed by atoms with van der Waals surface area (Å²) in [7, 11) is 4.50. The maximum Gasteiger partial charge on any atom is 0.338 e. The lowest BCUT2D eigenvalue weighted by Crippen LogP contribution is -2.05. The van der Waals surface area contributed by atoms with Crippen LogP contribution in [0.1, 0.15) is 10.4 Å². The van der Waals surface area contributed by atoms with Gasteiger partial charge < -0.3 is 25.1 Å². The van der Waals surface area contributed by atoms with Crippen molar-refractivity contribution in [2.24, 2.45) is 0 Å². The average Bonchev–Trinajstić information content (AvgIpc) is 2.52. The molecule has 6 nitrogen and oxygen atoms in total. The maximum atomic E-state index is 11.5. The van der Waals surface area contributed by atoms with Crippen molar-refractivity contribution in [2.45, 2.75) is 0 Å². The van der Waals surface area contributed by atoms with Crippen LogP contribution in [-0.4, -0.2) is 32.4 Å². The van der Waals surface area contributed by atoms with Gasteiger partial charge in [0.05, 0.1) is 26.9 Å². The second-order valence-corrected chi connectivity index (χ2v) is 4.49. The van der Waals surface area contributed by atoms with E-state index >= 15 is 0 Å². The molecule has 2 aromatic rings. The van der Waals surface area contributed by atoms with Crippen molar-refractivity contribution in [2.75, 3.05) is 27.1 Å². The van der Waals surface area contributed by atoms with Crippen molar-refractivity contribution >= 4 is 11.7 Å². The molecule has 3 N–H and O–H groups in total. The molecule has 0 saturated heterocycles. The number of benzene rings is 2. The molecule has 0 bridgehead atoms. The first-order valence-electron chi connectivity index (χ1n) is 6.45. The SMILES string of the molecule is COc1cc(-c2cccc(N)c2C(=O)O)cc(OC)c1OC. The highest BCUT2D eigenvalue weighted by molar-refractivity contribution is 6.01. The van der Waals surface area contributed by atoms with Crippen molar-refractivity contribution in [3.8, 4) is 28.4 Å². The van der Waals surface area contributed by atoms with Crippen LogP contribution >= 0.6 is 0 Å². The van der Waals surface area contributed by atoms with E-state index in [9.17, 15) is 9.90 Å². The molecule has 22 heavy (non-hydrogen) atoms. The third-order valence-corrected chi connectivity index (χ3v) is 3.29. The number of hydrogen-bond donors (Lipinski definition) is 2. The molecule has 0 fully saturated rings. The van der Waals surface area contributed by atoms with Crippen LogP contribution in [0, 0.1) is 0 Å². The number of anilines is 1. The number of carboxylic acids is 1. The molecule has 2 aromatic carbocycles. The minimum absolute atomic E-state index is 0.0387. The first-order chi connectivity index (χ1) is 10.5. The van der Waals surface area contributed by atoms with Gasteiger partial charge in [0.1, 0.15) is 0 Å². The van der Waals surface area contributed by atoms with Gasteiger partial charge in [0.2, 0.25) is 5.75 Å². The number of nitrogens with two attached hydrogens (primary N) is 1. The lowest BCUT2D eigenvalue weighted by atomic mass is 9.97. The summed E-state index contributed by atoms with van der Waals surface area (Å²) in [6.07, 6.45) is 0. The van der Waals surface area contributed by atoms with Crippen molar-refractivity contribution in [3.05, 3.63) is 35.9 Å². The Morgan fingerprint density at radius 3 is 2.09 bits per heavy atom. The topological polar surface area (TPSA) is 91.0 Å². The third kappa shape index (κ3) is 2.63. The first-order valence-corrected chi connectivity index (χ1v) is 6.45. The maximum absolute atomic E-state index is 11.5. The largest absolute Gasteiger partial charge is 0.493 e. The van der Waals surface area contributed by atoms with E-state index in [1.807, 2.05) is 0 Å². The molecule has 0 spiro atoms. The predicted molar refractivity (Wildman–Crippen MR) is 82.9 cm³/mol. The van der Waals surface area contributed by atoms with Gasteiger partial charge in [-0.2, -0.15) is 0 Å². The summed E-state index contributed by atoms with van der Waals surface area (Å²) < 4.78 is 15.8. The van der Waals surface area contributed by atoms with Crippen LogP contribution in [0.3, 0.4) is 0 Å². The van der Waals surface area contributed by atoms with Gasteiger partial charge in [-0.15, -0.1) is 0 Å². The Morgan fingerprint density at radius 2 is 1.64 bits per heavy atom. The second-order valence-electron chi connectivity index (χ2n) is 4.49. The van der Waals surface area contributed by atoms with Crippen molar-refractivity contribution in [1.29, 1.82) is 0 Å². The van der Waals surface area contributed by atoms with Crippen LogP contribution in [0.15, 0.2) is 30.3 Å². The Kier molecular flexibility index (Phi) is 4.41. The Bertz CT molecular complexity index is 687. The molecule has 6 heteroatoms. The van der Waals surface area contributed by atoms with Crippen LogP contribution in [0.25, 0.3) is 11.1 Å². The van der Waals surface area contributed by atoms with Crippen LogP contribution in [-0.2, 0) is 0 Å². The summed E-state index contributed by atoms with van der Waals surface area (Å²) in [6.45, 7) is 0. The van der Waals surface area contributed by atoms with Gasteiger partial charge in [-0.05, 0) is 29.3 Å². The van der Waals surface area contributed by atoms with E-state index in [4.69, 9.17) is 19.9 Å². The van der Waals surface area contributed by atoms with E-state index in [2.05, 4.69) is 0 Å². The molecule has 0 aliphatic heterocycles. The molecule has 0 radical (unpaired) electrons. The van der Waals surface area contributed by atoms with Gasteiger partial charge in [0.25, 0.3) is 0 Å². The lowest BCUT2D eigenvalue weighted by Gasteiger charge is -2.15. The summed E-state index contributed by atoms with van der Waals surface area (Å²) in [6, 6.07) is 8.29. The zero-order chi connectivity index (χ0) is 16.3. The number of ether oxygens (including phenoxy) is 3. The summed E-state index contributed by atoms with van der Waals surface area (Å²) in [4.78, 5) is 11.5. The van der Waals surface area contributed by atoms with Crippen LogP contribution in [0.2, 0.25) is 0 Å². The molecule has 0 heterocycles. The van der Waals surface area contributed by atoms with Crippen molar-refractivity contribution in [1.82, 2.24) is 0 Å². The van der Waals surface area contributed by atoms with Crippen LogP contribution < -0.4 is 19.9 Å². The predicted octanol–water partition coefficient (Wildman–Crippen LogP) is 2.66. The highest BCUT2D eigenvalue weighted by atomic mass is 16.5. The number of rotatable bonds is 5. The van der Waals surface area contributed by atoms with Gasteiger partial charge in [-0.3, -0.25) is 0 Å². The number of hydrogen-bond acceptors (Lipinski definition) is 5. The minimum atomic E-state index is -1.10. The Hall–Kier alpha value is -2.89. The van der Waals surface area contributed by atoms with Gasteiger partial charge in [-0.25, -0.2) is 4.79 Å². The van der Waals surface area contributed by atoms with Gasteiger partial charge in [-0.1, -0.05) is 12.1 Å². The molecule has 0 atom stereocenters. The quantitative estimate of drug-likeness (QED) is 0.825. The standard InChI is InChI=1S/C16H17NO5/c1-20-12-7-9(8-13(21-2)15(12)22-3)10-5-4-6-11(17)14(10)16(18)19/h4-8H,17H2,1-3H3,(H,18,19). The van der Waals surface area contributed by atoms with E-state index in [0.29, 0.717) is 28.4 Å². The molecule has 0 unspecified atom stereocenters. The summed E-state index contributed by atoms with van der Waals surface area (Å²) in [5, 5.41) is 9.39. The van der Waals surface area contributed by atoms with Gasteiger partial charge in [0, 0.05) is 5.69 Å². The molecule has 0 aliphatic carbocycles. The second kappa shape index (κ2) is 6.26. The van der Waals surface area contributed by atoms with E-state index in [1.165, 1.54) is 21.3 Å². The van der Waals surface area contributed by atoms with Crippen molar-refractivity contribution in [3.63, 3.8) is 0 Å². The van der Waals surface area contributed by atoms with Crippen LogP contribution in [0.4, 0.5) is 5.69 Å². The summed E-state index contributed by atoms with van der Waals surface area (Å²) in [5.41, 5.74) is 7.11. The monoisotopic (exact) mass is 303 g/mol.